The van der Waals surface area contributed by atoms with Crippen molar-refractivity contribution in [1.29, 1.82) is 5.26 Å². The van der Waals surface area contributed by atoms with Gasteiger partial charge in [-0.25, -0.2) is 13.5 Å². The molecule has 3 rings (SSSR count). The minimum absolute atomic E-state index is 0.00770. The van der Waals surface area contributed by atoms with Gasteiger partial charge in [0.15, 0.2) is 11.6 Å². The summed E-state index contributed by atoms with van der Waals surface area (Å²) in [6.07, 6.45) is -0.00770. The van der Waals surface area contributed by atoms with E-state index in [0.29, 0.717) is 5.69 Å². The molecule has 0 radical (unpaired) electrons. The molecule has 0 unspecified atom stereocenters. The van der Waals surface area contributed by atoms with Crippen molar-refractivity contribution in [2.24, 2.45) is 0 Å². The van der Waals surface area contributed by atoms with Gasteiger partial charge in [-0.15, -0.1) is 0 Å². The lowest BCUT2D eigenvalue weighted by Gasteiger charge is -2.12. The second-order valence-corrected chi connectivity index (χ2v) is 6.13. The monoisotopic (exact) mass is 403 g/mol. The number of benzene rings is 2. The van der Waals surface area contributed by atoms with Gasteiger partial charge < -0.3 is 9.84 Å². The highest BCUT2D eigenvalue weighted by Crippen LogP contribution is 2.35. The first-order chi connectivity index (χ1) is 13.4. The molecular weight excluding hydrogens is 392 g/mol. The van der Waals surface area contributed by atoms with Crippen LogP contribution in [0.2, 0.25) is 5.02 Å². The Kier molecular flexibility index (Phi) is 5.68. The van der Waals surface area contributed by atoms with Gasteiger partial charge in [0.1, 0.15) is 18.3 Å². The van der Waals surface area contributed by atoms with Gasteiger partial charge in [0.2, 0.25) is 0 Å². The number of hydrogen-bond acceptors (Lipinski definition) is 5. The van der Waals surface area contributed by atoms with Crippen molar-refractivity contribution >= 4 is 11.6 Å². The van der Waals surface area contributed by atoms with Crippen LogP contribution in [0.5, 0.6) is 11.5 Å². The number of hydrogen-bond donors (Lipinski definition) is 1. The second kappa shape index (κ2) is 8.17. The van der Waals surface area contributed by atoms with E-state index < -0.39 is 23.9 Å². The lowest BCUT2D eigenvalue weighted by atomic mass is 10.1. The van der Waals surface area contributed by atoms with Gasteiger partial charge in [-0.2, -0.15) is 10.4 Å². The summed E-state index contributed by atoms with van der Waals surface area (Å²) in [6.45, 7) is -0.606. The Labute approximate surface area is 162 Å². The van der Waals surface area contributed by atoms with E-state index >= 15 is 0 Å². The van der Waals surface area contributed by atoms with Crippen LogP contribution in [0.1, 0.15) is 16.8 Å². The van der Waals surface area contributed by atoms with Crippen LogP contribution in [0.3, 0.4) is 0 Å². The van der Waals surface area contributed by atoms with Crippen molar-refractivity contribution in [3.8, 4) is 17.6 Å². The van der Waals surface area contributed by atoms with Gasteiger partial charge in [-0.1, -0.05) is 17.7 Å². The van der Waals surface area contributed by atoms with E-state index in [1.807, 2.05) is 0 Å². The van der Waals surface area contributed by atoms with E-state index in [-0.39, 0.29) is 34.1 Å². The zero-order chi connectivity index (χ0) is 20.3. The normalized spacial score (nSPS) is 10.5. The van der Waals surface area contributed by atoms with Gasteiger partial charge >= 0.3 is 0 Å². The standard InChI is InChI=1S/C19H12ClF2N3O3/c20-16-3-1-12(7-14-2-4-17(27)25(10-26)24-14)18(22)19(16)28-15-6-11(9-23)5-13(21)8-15/h1-6,8,26H,7,10H2. The van der Waals surface area contributed by atoms with Crippen LogP contribution in [0.4, 0.5) is 8.78 Å². The number of aliphatic hydroxyl groups excluding tert-OH is 1. The molecule has 0 aliphatic heterocycles. The molecule has 1 N–H and O–H groups in total. The van der Waals surface area contributed by atoms with E-state index in [4.69, 9.17) is 26.7 Å². The molecule has 6 nitrogen and oxygen atoms in total. The van der Waals surface area contributed by atoms with E-state index in [1.54, 1.807) is 6.07 Å². The zero-order valence-electron chi connectivity index (χ0n) is 14.2. The molecule has 2 aromatic carbocycles. The number of rotatable bonds is 5. The molecule has 0 saturated carbocycles. The summed E-state index contributed by atoms with van der Waals surface area (Å²) in [5, 5.41) is 21.9. The van der Waals surface area contributed by atoms with Crippen LogP contribution >= 0.6 is 11.6 Å². The minimum atomic E-state index is -0.793. The SMILES string of the molecule is N#Cc1cc(F)cc(Oc2c(Cl)ccc(Cc3ccc(=O)n(CO)n3)c2F)c1. The highest BCUT2D eigenvalue weighted by atomic mass is 35.5. The number of aromatic nitrogens is 2. The van der Waals surface area contributed by atoms with Crippen molar-refractivity contribution in [3.05, 3.63) is 86.3 Å². The average Bonchev–Trinajstić information content (AvgIpc) is 2.68. The van der Waals surface area contributed by atoms with Crippen LogP contribution in [-0.4, -0.2) is 14.9 Å². The van der Waals surface area contributed by atoms with Crippen LogP contribution < -0.4 is 10.3 Å². The van der Waals surface area contributed by atoms with Crippen molar-refractivity contribution in [3.63, 3.8) is 0 Å². The molecule has 0 aliphatic rings. The average molecular weight is 404 g/mol. The molecule has 0 saturated heterocycles. The fourth-order valence-corrected chi connectivity index (χ4v) is 2.67. The van der Waals surface area contributed by atoms with E-state index in [0.717, 1.165) is 16.8 Å². The molecule has 28 heavy (non-hydrogen) atoms. The molecule has 1 heterocycles. The first kappa shape index (κ1) is 19.5. The second-order valence-electron chi connectivity index (χ2n) is 5.72. The van der Waals surface area contributed by atoms with Crippen LogP contribution in [0.25, 0.3) is 0 Å². The molecule has 1 aromatic heterocycles. The summed E-state index contributed by atoms with van der Waals surface area (Å²) in [4.78, 5) is 11.5. The molecule has 3 aromatic rings. The smallest absolute Gasteiger partial charge is 0.268 e. The van der Waals surface area contributed by atoms with E-state index in [1.165, 1.54) is 30.3 Å². The van der Waals surface area contributed by atoms with Crippen molar-refractivity contribution < 1.29 is 18.6 Å². The maximum absolute atomic E-state index is 14.9. The van der Waals surface area contributed by atoms with Crippen LogP contribution in [0, 0.1) is 23.0 Å². The zero-order valence-corrected chi connectivity index (χ0v) is 15.0. The number of nitriles is 1. The summed E-state index contributed by atoms with van der Waals surface area (Å²) in [5.41, 5.74) is 0.00897. The number of halogens is 3. The number of ether oxygens (including phenoxy) is 1. The first-order valence-electron chi connectivity index (χ1n) is 7.94. The Morgan fingerprint density at radius 3 is 2.71 bits per heavy atom. The fraction of sp³-hybridized carbons (Fsp3) is 0.105. The largest absolute Gasteiger partial charge is 0.453 e. The number of aliphatic hydroxyl groups is 1. The molecule has 0 aliphatic carbocycles. The summed E-state index contributed by atoms with van der Waals surface area (Å²) < 4.78 is 34.7. The van der Waals surface area contributed by atoms with E-state index in [2.05, 4.69) is 5.10 Å². The van der Waals surface area contributed by atoms with Gasteiger partial charge in [0, 0.05) is 18.6 Å². The third-order valence-electron chi connectivity index (χ3n) is 3.78. The third kappa shape index (κ3) is 4.17. The lowest BCUT2D eigenvalue weighted by molar-refractivity contribution is 0.188. The molecule has 0 amide bonds. The summed E-state index contributed by atoms with van der Waals surface area (Å²) in [7, 11) is 0. The minimum Gasteiger partial charge on any atom is -0.453 e. The highest BCUT2D eigenvalue weighted by molar-refractivity contribution is 6.32. The first-order valence-corrected chi connectivity index (χ1v) is 8.32. The summed E-state index contributed by atoms with van der Waals surface area (Å²) >= 11 is 6.02. The highest BCUT2D eigenvalue weighted by Gasteiger charge is 2.17. The summed E-state index contributed by atoms with van der Waals surface area (Å²) in [5.74, 6) is -1.92. The fourth-order valence-electron chi connectivity index (χ4n) is 2.49. The predicted octanol–water partition coefficient (Wildman–Crippen LogP) is 3.38. The molecule has 0 spiro atoms. The van der Waals surface area contributed by atoms with Gasteiger partial charge in [-0.05, 0) is 29.8 Å². The van der Waals surface area contributed by atoms with Crippen molar-refractivity contribution in [1.82, 2.24) is 9.78 Å². The van der Waals surface area contributed by atoms with Gasteiger partial charge in [-0.3, -0.25) is 4.79 Å². The number of nitrogens with zero attached hydrogens (tertiary/aromatic N) is 3. The molecule has 9 heteroatoms. The topological polar surface area (TPSA) is 88.1 Å². The molecule has 0 atom stereocenters. The van der Waals surface area contributed by atoms with Crippen LogP contribution in [0.15, 0.2) is 47.3 Å². The predicted molar refractivity (Wildman–Crippen MR) is 96.1 cm³/mol. The Morgan fingerprint density at radius 2 is 2.00 bits per heavy atom. The Bertz CT molecular complexity index is 1140. The molecule has 0 bridgehead atoms. The molecular formula is C19H12ClF2N3O3. The van der Waals surface area contributed by atoms with Crippen molar-refractivity contribution in [2.75, 3.05) is 0 Å². The third-order valence-corrected chi connectivity index (χ3v) is 4.07. The van der Waals surface area contributed by atoms with Gasteiger partial charge in [0.05, 0.1) is 22.3 Å². The Balaban J connectivity index is 1.95. The van der Waals surface area contributed by atoms with Gasteiger partial charge in [0.25, 0.3) is 5.56 Å². The lowest BCUT2D eigenvalue weighted by Crippen LogP contribution is -2.23. The summed E-state index contributed by atoms with van der Waals surface area (Å²) in [6, 6.07) is 10.5. The van der Waals surface area contributed by atoms with Crippen molar-refractivity contribution in [2.45, 2.75) is 13.2 Å². The van der Waals surface area contributed by atoms with Crippen LogP contribution in [-0.2, 0) is 13.2 Å². The molecule has 142 valence electrons. The molecule has 0 fully saturated rings. The quantitative estimate of drug-likeness (QED) is 0.705. The van der Waals surface area contributed by atoms with E-state index in [9.17, 15) is 13.6 Å². The Morgan fingerprint density at radius 1 is 1.21 bits per heavy atom. The Hall–Kier alpha value is -3.28. The maximum atomic E-state index is 14.9. The maximum Gasteiger partial charge on any atom is 0.268 e.